The van der Waals surface area contributed by atoms with E-state index in [9.17, 15) is 0 Å². The van der Waals surface area contributed by atoms with Gasteiger partial charge in [0, 0.05) is 18.4 Å². The third-order valence-corrected chi connectivity index (χ3v) is 4.66. The van der Waals surface area contributed by atoms with Crippen LogP contribution in [-0.2, 0) is 6.42 Å². The van der Waals surface area contributed by atoms with Gasteiger partial charge < -0.3 is 9.73 Å². The molecular weight excluding hydrogens is 248 g/mol. The van der Waals surface area contributed by atoms with Gasteiger partial charge in [0.2, 0.25) is 0 Å². The highest BCUT2D eigenvalue weighted by Crippen LogP contribution is 2.31. The monoisotopic (exact) mass is 276 g/mol. The summed E-state index contributed by atoms with van der Waals surface area (Å²) >= 11 is 0. The van der Waals surface area contributed by atoms with Crippen LogP contribution < -0.4 is 5.32 Å². The lowest BCUT2D eigenvalue weighted by Gasteiger charge is -2.16. The number of rotatable bonds is 6. The van der Waals surface area contributed by atoms with E-state index in [1.54, 1.807) is 0 Å². The first-order valence-corrected chi connectivity index (χ1v) is 8.60. The van der Waals surface area contributed by atoms with E-state index in [0.717, 1.165) is 37.1 Å². The molecule has 3 nitrogen and oxygen atoms in total. The third-order valence-electron chi connectivity index (χ3n) is 4.66. The van der Waals surface area contributed by atoms with Crippen LogP contribution in [0.3, 0.4) is 0 Å². The molecule has 1 heterocycles. The molecule has 2 aliphatic rings. The van der Waals surface area contributed by atoms with Crippen molar-refractivity contribution >= 4 is 0 Å². The third kappa shape index (κ3) is 4.34. The van der Waals surface area contributed by atoms with Crippen molar-refractivity contribution in [1.29, 1.82) is 0 Å². The van der Waals surface area contributed by atoms with Crippen molar-refractivity contribution in [3.63, 3.8) is 0 Å². The van der Waals surface area contributed by atoms with Crippen LogP contribution in [0.2, 0.25) is 0 Å². The topological polar surface area (TPSA) is 38.1 Å². The number of hydrogen-bond donors (Lipinski definition) is 1. The highest BCUT2D eigenvalue weighted by atomic mass is 16.4. The van der Waals surface area contributed by atoms with Gasteiger partial charge in [-0.1, -0.05) is 32.1 Å². The smallest absolute Gasteiger partial charge is 0.194 e. The second-order valence-electron chi connectivity index (χ2n) is 6.53. The Bertz CT molecular complexity index is 389. The Balaban J connectivity index is 1.44. The number of nitrogens with one attached hydrogen (secondary N) is 1. The maximum atomic E-state index is 6.00. The van der Waals surface area contributed by atoms with Crippen LogP contribution in [0.4, 0.5) is 0 Å². The predicted molar refractivity (Wildman–Crippen MR) is 80.9 cm³/mol. The highest BCUT2D eigenvalue weighted by Gasteiger charge is 2.20. The van der Waals surface area contributed by atoms with Gasteiger partial charge in [-0.05, 0) is 38.6 Å². The Labute approximate surface area is 122 Å². The van der Waals surface area contributed by atoms with E-state index in [1.165, 1.54) is 57.8 Å². The summed E-state index contributed by atoms with van der Waals surface area (Å²) in [6, 6.07) is 0.810. The maximum Gasteiger partial charge on any atom is 0.194 e. The molecule has 0 atom stereocenters. The highest BCUT2D eigenvalue weighted by molar-refractivity contribution is 5.02. The molecule has 0 spiro atoms. The summed E-state index contributed by atoms with van der Waals surface area (Å²) in [5, 5.41) is 3.54. The van der Waals surface area contributed by atoms with Crippen LogP contribution in [0.25, 0.3) is 0 Å². The van der Waals surface area contributed by atoms with Crippen molar-refractivity contribution in [3.05, 3.63) is 17.8 Å². The first-order valence-electron chi connectivity index (χ1n) is 8.60. The fraction of sp³-hybridized carbons (Fsp3) is 0.824. The molecule has 0 aromatic carbocycles. The summed E-state index contributed by atoms with van der Waals surface area (Å²) in [5.74, 6) is 2.72. The summed E-state index contributed by atoms with van der Waals surface area (Å²) < 4.78 is 6.00. The largest absolute Gasteiger partial charge is 0.445 e. The molecule has 0 amide bonds. The molecule has 1 aromatic rings. The summed E-state index contributed by atoms with van der Waals surface area (Å²) in [5.41, 5.74) is 0. The number of aryl methyl sites for hydroxylation is 1. The van der Waals surface area contributed by atoms with Crippen molar-refractivity contribution in [1.82, 2.24) is 10.3 Å². The van der Waals surface area contributed by atoms with Gasteiger partial charge in [0.25, 0.3) is 0 Å². The molecule has 2 fully saturated rings. The molecule has 3 rings (SSSR count). The Morgan fingerprint density at radius 2 is 1.80 bits per heavy atom. The van der Waals surface area contributed by atoms with Crippen LogP contribution in [0.5, 0.6) is 0 Å². The van der Waals surface area contributed by atoms with Gasteiger partial charge in [-0.2, -0.15) is 0 Å². The minimum absolute atomic E-state index is 0.626. The van der Waals surface area contributed by atoms with Crippen molar-refractivity contribution in [2.75, 3.05) is 6.54 Å². The number of aromatic nitrogens is 1. The Hall–Kier alpha value is -0.830. The first-order chi connectivity index (χ1) is 9.92. The Morgan fingerprint density at radius 3 is 2.55 bits per heavy atom. The summed E-state index contributed by atoms with van der Waals surface area (Å²) in [6.07, 6.45) is 16.3. The van der Waals surface area contributed by atoms with Gasteiger partial charge in [-0.3, -0.25) is 0 Å². The molecule has 0 aliphatic heterocycles. The number of oxazole rings is 1. The van der Waals surface area contributed by atoms with Crippen molar-refractivity contribution in [3.8, 4) is 0 Å². The van der Waals surface area contributed by atoms with E-state index in [1.807, 2.05) is 6.20 Å². The van der Waals surface area contributed by atoms with Crippen LogP contribution in [-0.4, -0.2) is 17.6 Å². The van der Waals surface area contributed by atoms with E-state index >= 15 is 0 Å². The SMILES string of the molecule is c1nc(CCCNC2CC2)oc1C1CCCCCCC1. The summed E-state index contributed by atoms with van der Waals surface area (Å²) in [4.78, 5) is 4.48. The molecule has 1 aromatic heterocycles. The second-order valence-corrected chi connectivity index (χ2v) is 6.53. The van der Waals surface area contributed by atoms with Gasteiger partial charge >= 0.3 is 0 Å². The first kappa shape index (κ1) is 14.1. The van der Waals surface area contributed by atoms with E-state index < -0.39 is 0 Å². The fourth-order valence-electron chi connectivity index (χ4n) is 3.20. The molecular formula is C17H28N2O. The zero-order valence-corrected chi connectivity index (χ0v) is 12.6. The van der Waals surface area contributed by atoms with Gasteiger partial charge in [0.05, 0.1) is 6.20 Å². The average molecular weight is 276 g/mol. The summed E-state index contributed by atoms with van der Waals surface area (Å²) in [6.45, 7) is 1.10. The van der Waals surface area contributed by atoms with Crippen LogP contribution in [0.15, 0.2) is 10.6 Å². The van der Waals surface area contributed by atoms with Gasteiger partial charge in [-0.25, -0.2) is 4.98 Å². The Morgan fingerprint density at radius 1 is 1.05 bits per heavy atom. The lowest BCUT2D eigenvalue weighted by atomic mass is 9.90. The van der Waals surface area contributed by atoms with E-state index in [-0.39, 0.29) is 0 Å². The fourth-order valence-corrected chi connectivity index (χ4v) is 3.20. The molecule has 0 bridgehead atoms. The van der Waals surface area contributed by atoms with Crippen molar-refractivity contribution in [2.45, 2.75) is 82.6 Å². The summed E-state index contributed by atoms with van der Waals surface area (Å²) in [7, 11) is 0. The average Bonchev–Trinajstić information content (AvgIpc) is 3.12. The second kappa shape index (κ2) is 7.26. The minimum atomic E-state index is 0.626. The predicted octanol–water partition coefficient (Wildman–Crippen LogP) is 4.19. The minimum Gasteiger partial charge on any atom is -0.445 e. The van der Waals surface area contributed by atoms with Gasteiger partial charge in [0.1, 0.15) is 5.76 Å². The molecule has 0 unspecified atom stereocenters. The zero-order valence-electron chi connectivity index (χ0n) is 12.6. The quantitative estimate of drug-likeness (QED) is 0.792. The molecule has 0 saturated heterocycles. The van der Waals surface area contributed by atoms with Crippen molar-refractivity contribution in [2.24, 2.45) is 0 Å². The lowest BCUT2D eigenvalue weighted by Crippen LogP contribution is -2.17. The van der Waals surface area contributed by atoms with E-state index in [0.29, 0.717) is 5.92 Å². The lowest BCUT2D eigenvalue weighted by molar-refractivity contribution is 0.369. The normalized spacial score (nSPS) is 21.6. The molecule has 3 heteroatoms. The molecule has 112 valence electrons. The van der Waals surface area contributed by atoms with Crippen LogP contribution in [0.1, 0.15) is 81.8 Å². The van der Waals surface area contributed by atoms with Crippen molar-refractivity contribution < 1.29 is 4.42 Å². The van der Waals surface area contributed by atoms with Crippen LogP contribution >= 0.6 is 0 Å². The molecule has 20 heavy (non-hydrogen) atoms. The molecule has 2 aliphatic carbocycles. The zero-order chi connectivity index (χ0) is 13.6. The van der Waals surface area contributed by atoms with Gasteiger partial charge in [0.15, 0.2) is 5.89 Å². The molecule has 0 radical (unpaired) electrons. The number of hydrogen-bond acceptors (Lipinski definition) is 3. The standard InChI is InChI=1S/C17H28N2O/c1-2-4-7-14(8-5-3-1)16-13-19-17(20-16)9-6-12-18-15-10-11-15/h13-15,18H,1-12H2. The molecule has 1 N–H and O–H groups in total. The maximum absolute atomic E-state index is 6.00. The number of nitrogens with zero attached hydrogens (tertiary/aromatic N) is 1. The van der Waals surface area contributed by atoms with Gasteiger partial charge in [-0.15, -0.1) is 0 Å². The van der Waals surface area contributed by atoms with E-state index in [4.69, 9.17) is 4.42 Å². The van der Waals surface area contributed by atoms with Crippen LogP contribution in [0, 0.1) is 0 Å². The van der Waals surface area contributed by atoms with E-state index in [2.05, 4.69) is 10.3 Å². The Kier molecular flexibility index (Phi) is 5.12. The molecule has 2 saturated carbocycles.